The molecule has 2 fully saturated rings. The topological polar surface area (TPSA) is 46.3 Å². The quantitative estimate of drug-likeness (QED) is 0.779. The van der Waals surface area contributed by atoms with Crippen molar-refractivity contribution in [3.05, 3.63) is 0 Å². The second-order valence-electron chi connectivity index (χ2n) is 4.86. The summed E-state index contributed by atoms with van der Waals surface area (Å²) in [5, 5.41) is 0.213. The number of amides is 1. The Labute approximate surface area is 112 Å². The second kappa shape index (κ2) is 6.05. The van der Waals surface area contributed by atoms with Gasteiger partial charge in [0.05, 0.1) is 10.2 Å². The molecule has 0 radical (unpaired) electrons. The zero-order chi connectivity index (χ0) is 12.3. The van der Waals surface area contributed by atoms with Gasteiger partial charge in [-0.25, -0.2) is 0 Å². The third-order valence-electron chi connectivity index (χ3n) is 3.66. The summed E-state index contributed by atoms with van der Waals surface area (Å²) in [6, 6.07) is 0. The second-order valence-corrected chi connectivity index (χ2v) is 6.64. The van der Waals surface area contributed by atoms with Gasteiger partial charge in [0.25, 0.3) is 0 Å². The van der Waals surface area contributed by atoms with E-state index in [1.807, 2.05) is 16.7 Å². The Morgan fingerprint density at radius 3 is 2.47 bits per heavy atom. The Morgan fingerprint density at radius 1 is 1.24 bits per heavy atom. The first-order valence-corrected chi connectivity index (χ1v) is 7.84. The Balaban J connectivity index is 1.83. The number of hydrogen-bond acceptors (Lipinski definition) is 3. The van der Waals surface area contributed by atoms with E-state index in [0.29, 0.717) is 16.8 Å². The summed E-state index contributed by atoms with van der Waals surface area (Å²) >= 11 is 6.85. The van der Waals surface area contributed by atoms with Crippen molar-refractivity contribution in [2.75, 3.05) is 18.8 Å². The number of carbonyl (C=O) groups excluding carboxylic acids is 1. The van der Waals surface area contributed by atoms with Gasteiger partial charge >= 0.3 is 0 Å². The molecule has 96 valence electrons. The number of nitrogens with two attached hydrogens (primary N) is 1. The molecule has 0 aromatic rings. The van der Waals surface area contributed by atoms with Crippen LogP contribution in [0.25, 0.3) is 0 Å². The third-order valence-corrected chi connectivity index (χ3v) is 5.36. The predicted molar refractivity (Wildman–Crippen MR) is 76.2 cm³/mol. The maximum atomic E-state index is 12.3. The molecule has 0 bridgehead atoms. The minimum atomic E-state index is 0.213. The van der Waals surface area contributed by atoms with E-state index in [-0.39, 0.29) is 5.25 Å². The summed E-state index contributed by atoms with van der Waals surface area (Å²) in [7, 11) is 0. The summed E-state index contributed by atoms with van der Waals surface area (Å²) in [6.07, 6.45) is 5.40. The molecule has 0 aliphatic carbocycles. The fraction of sp³-hybridized carbons (Fsp3) is 0.833. The van der Waals surface area contributed by atoms with Gasteiger partial charge in [-0.2, -0.15) is 0 Å². The van der Waals surface area contributed by atoms with Gasteiger partial charge < -0.3 is 10.6 Å². The van der Waals surface area contributed by atoms with Crippen molar-refractivity contribution in [3.8, 4) is 0 Å². The van der Waals surface area contributed by atoms with Gasteiger partial charge in [0.2, 0.25) is 5.91 Å². The lowest BCUT2D eigenvalue weighted by molar-refractivity contribution is -0.131. The number of piperidine rings is 1. The molecule has 1 unspecified atom stereocenters. The van der Waals surface area contributed by atoms with E-state index in [0.717, 1.165) is 38.1 Å². The van der Waals surface area contributed by atoms with E-state index < -0.39 is 0 Å². The molecular weight excluding hydrogens is 252 g/mol. The molecule has 0 aromatic heterocycles. The molecule has 2 N–H and O–H groups in total. The lowest BCUT2D eigenvalue weighted by Crippen LogP contribution is -2.45. The highest BCUT2D eigenvalue weighted by atomic mass is 32.2. The highest BCUT2D eigenvalue weighted by Crippen LogP contribution is 2.28. The van der Waals surface area contributed by atoms with Gasteiger partial charge in [0.15, 0.2) is 0 Å². The number of thioether (sulfide) groups is 1. The van der Waals surface area contributed by atoms with E-state index in [4.69, 9.17) is 18.0 Å². The van der Waals surface area contributed by atoms with Crippen LogP contribution >= 0.6 is 24.0 Å². The van der Waals surface area contributed by atoms with Crippen molar-refractivity contribution >= 4 is 34.9 Å². The summed E-state index contributed by atoms with van der Waals surface area (Å²) in [5.41, 5.74) is 5.66. The van der Waals surface area contributed by atoms with Crippen LogP contribution in [-0.4, -0.2) is 39.9 Å². The van der Waals surface area contributed by atoms with E-state index in [1.165, 1.54) is 12.8 Å². The minimum Gasteiger partial charge on any atom is -0.393 e. The van der Waals surface area contributed by atoms with E-state index in [2.05, 4.69) is 0 Å². The van der Waals surface area contributed by atoms with Gasteiger partial charge in [-0.3, -0.25) is 4.79 Å². The Hall–Kier alpha value is -0.290. The molecule has 2 saturated heterocycles. The summed E-state index contributed by atoms with van der Waals surface area (Å²) < 4.78 is 0. The average Bonchev–Trinajstić information content (AvgIpc) is 2.39. The van der Waals surface area contributed by atoms with Gasteiger partial charge in [0.1, 0.15) is 0 Å². The van der Waals surface area contributed by atoms with Crippen LogP contribution in [0.1, 0.15) is 32.1 Å². The largest absolute Gasteiger partial charge is 0.393 e. The highest BCUT2D eigenvalue weighted by molar-refractivity contribution is 8.00. The molecule has 2 aliphatic heterocycles. The van der Waals surface area contributed by atoms with Crippen LogP contribution < -0.4 is 5.73 Å². The van der Waals surface area contributed by atoms with Crippen LogP contribution in [0.15, 0.2) is 0 Å². The molecule has 1 atom stereocenters. The van der Waals surface area contributed by atoms with Crippen molar-refractivity contribution < 1.29 is 4.79 Å². The number of rotatable bonds is 2. The SMILES string of the molecule is NC(=S)C1CCN(C(=O)C2CCCCS2)CC1. The fourth-order valence-electron chi connectivity index (χ4n) is 2.52. The van der Waals surface area contributed by atoms with E-state index in [1.54, 1.807) is 0 Å². The maximum absolute atomic E-state index is 12.3. The van der Waals surface area contributed by atoms with Crippen LogP contribution in [0.2, 0.25) is 0 Å². The molecule has 0 aromatic carbocycles. The van der Waals surface area contributed by atoms with Gasteiger partial charge in [0, 0.05) is 19.0 Å². The molecule has 2 aliphatic rings. The van der Waals surface area contributed by atoms with E-state index >= 15 is 0 Å². The first kappa shape index (κ1) is 13.1. The van der Waals surface area contributed by atoms with Crippen LogP contribution in [0.4, 0.5) is 0 Å². The average molecular weight is 272 g/mol. The summed E-state index contributed by atoms with van der Waals surface area (Å²) in [6.45, 7) is 1.66. The molecule has 2 rings (SSSR count). The molecule has 3 nitrogen and oxygen atoms in total. The lowest BCUT2D eigenvalue weighted by Gasteiger charge is -2.34. The molecule has 5 heteroatoms. The molecule has 17 heavy (non-hydrogen) atoms. The third kappa shape index (κ3) is 3.35. The van der Waals surface area contributed by atoms with Gasteiger partial charge in [-0.05, 0) is 31.4 Å². The van der Waals surface area contributed by atoms with Crippen LogP contribution in [0, 0.1) is 5.92 Å². The zero-order valence-electron chi connectivity index (χ0n) is 10.1. The lowest BCUT2D eigenvalue weighted by atomic mass is 9.96. The number of carbonyl (C=O) groups is 1. The normalized spacial score (nSPS) is 26.8. The fourth-order valence-corrected chi connectivity index (χ4v) is 4.04. The van der Waals surface area contributed by atoms with Crippen molar-refractivity contribution in [3.63, 3.8) is 0 Å². The van der Waals surface area contributed by atoms with Crippen molar-refractivity contribution in [2.45, 2.75) is 37.4 Å². The zero-order valence-corrected chi connectivity index (χ0v) is 11.7. The standard InChI is InChI=1S/C12H20N2OS2/c13-11(16)9-4-6-14(7-5-9)12(15)10-3-1-2-8-17-10/h9-10H,1-8H2,(H2,13,16). The number of nitrogens with zero attached hydrogens (tertiary/aromatic N) is 1. The van der Waals surface area contributed by atoms with Crippen molar-refractivity contribution in [2.24, 2.45) is 11.7 Å². The molecular formula is C12H20N2OS2. The van der Waals surface area contributed by atoms with E-state index in [9.17, 15) is 4.79 Å². The van der Waals surface area contributed by atoms with Crippen LogP contribution in [-0.2, 0) is 4.79 Å². The van der Waals surface area contributed by atoms with Crippen molar-refractivity contribution in [1.29, 1.82) is 0 Å². The summed E-state index contributed by atoms with van der Waals surface area (Å²) in [5.74, 6) is 1.82. The number of thiocarbonyl (C=S) groups is 1. The first-order chi connectivity index (χ1) is 8.18. The van der Waals surface area contributed by atoms with Crippen LogP contribution in [0.3, 0.4) is 0 Å². The molecule has 2 heterocycles. The smallest absolute Gasteiger partial charge is 0.235 e. The van der Waals surface area contributed by atoms with Crippen molar-refractivity contribution in [1.82, 2.24) is 4.90 Å². The molecule has 1 amide bonds. The van der Waals surface area contributed by atoms with Gasteiger partial charge in [-0.15, -0.1) is 11.8 Å². The number of hydrogen-bond donors (Lipinski definition) is 1. The Morgan fingerprint density at radius 2 is 1.94 bits per heavy atom. The maximum Gasteiger partial charge on any atom is 0.235 e. The Bertz CT molecular complexity index is 295. The first-order valence-electron chi connectivity index (χ1n) is 6.38. The Kier molecular flexibility index (Phi) is 4.68. The predicted octanol–water partition coefficient (Wildman–Crippen LogP) is 1.80. The monoisotopic (exact) mass is 272 g/mol. The molecule has 0 spiro atoms. The minimum absolute atomic E-state index is 0.213. The highest BCUT2D eigenvalue weighted by Gasteiger charge is 2.30. The number of likely N-dealkylation sites (tertiary alicyclic amines) is 1. The molecule has 0 saturated carbocycles. The van der Waals surface area contributed by atoms with Gasteiger partial charge in [-0.1, -0.05) is 18.6 Å². The summed E-state index contributed by atoms with van der Waals surface area (Å²) in [4.78, 5) is 14.9. The van der Waals surface area contributed by atoms with Crippen LogP contribution in [0.5, 0.6) is 0 Å².